The molecular formula is C9H9N4O3+. The van der Waals surface area contributed by atoms with Gasteiger partial charge in [0.1, 0.15) is 11.6 Å². The van der Waals surface area contributed by atoms with Crippen LogP contribution >= 0.6 is 0 Å². The van der Waals surface area contributed by atoms with E-state index in [-0.39, 0.29) is 16.9 Å². The molecule has 0 aliphatic heterocycles. The standard InChI is InChI=1S/C9H8N4O3/c1-13-3-4(8(15)16)2-5-6(13)11-9(10)12-7(5)14/h2-3H,1H3,(H3,10,12,14,15,16)/p+1. The predicted octanol–water partition coefficient (Wildman–Crippen LogP) is -0.972. The highest BCUT2D eigenvalue weighted by atomic mass is 16.4. The Morgan fingerprint density at radius 1 is 1.62 bits per heavy atom. The maximum Gasteiger partial charge on any atom is 0.340 e. The van der Waals surface area contributed by atoms with Crippen LogP contribution in [0.5, 0.6) is 0 Å². The Hall–Kier alpha value is -2.44. The number of carboxylic acid groups (broad SMARTS) is 1. The zero-order valence-electron chi connectivity index (χ0n) is 8.39. The molecule has 2 rings (SSSR count). The summed E-state index contributed by atoms with van der Waals surface area (Å²) in [6.07, 6.45) is 1.37. The molecule has 0 aliphatic rings. The van der Waals surface area contributed by atoms with Gasteiger partial charge in [-0.05, 0) is 11.1 Å². The van der Waals surface area contributed by atoms with Crippen molar-refractivity contribution in [2.75, 3.05) is 5.73 Å². The van der Waals surface area contributed by atoms with Crippen LogP contribution in [0.3, 0.4) is 0 Å². The molecule has 0 unspecified atom stereocenters. The number of rotatable bonds is 1. The third-order valence-corrected chi connectivity index (χ3v) is 2.17. The number of nitrogens with zero attached hydrogens (tertiary/aromatic N) is 2. The molecule has 7 nitrogen and oxygen atoms in total. The van der Waals surface area contributed by atoms with E-state index in [9.17, 15) is 9.59 Å². The topological polar surface area (TPSA) is 113 Å². The van der Waals surface area contributed by atoms with E-state index in [0.717, 1.165) is 0 Å². The van der Waals surface area contributed by atoms with Crippen molar-refractivity contribution in [1.82, 2.24) is 9.97 Å². The van der Waals surface area contributed by atoms with Crippen molar-refractivity contribution in [3.05, 3.63) is 28.2 Å². The van der Waals surface area contributed by atoms with Crippen molar-refractivity contribution < 1.29 is 14.5 Å². The highest BCUT2D eigenvalue weighted by Crippen LogP contribution is 2.05. The number of aromatic carboxylic acids is 1. The second-order valence-electron chi connectivity index (χ2n) is 3.33. The van der Waals surface area contributed by atoms with Crippen LogP contribution < -0.4 is 15.9 Å². The fraction of sp³-hybridized carbons (Fsp3) is 0.111. The molecule has 0 aromatic carbocycles. The molecule has 2 heterocycles. The van der Waals surface area contributed by atoms with Gasteiger partial charge in [-0.3, -0.25) is 9.78 Å². The van der Waals surface area contributed by atoms with Gasteiger partial charge in [-0.25, -0.2) is 9.36 Å². The number of nitrogens with one attached hydrogen (secondary N) is 1. The van der Waals surface area contributed by atoms with E-state index in [4.69, 9.17) is 10.8 Å². The Labute approximate surface area is 89.2 Å². The molecule has 2 aromatic heterocycles. The number of carbonyl (C=O) groups is 1. The van der Waals surface area contributed by atoms with Gasteiger partial charge in [-0.15, -0.1) is 0 Å². The minimum atomic E-state index is -1.10. The van der Waals surface area contributed by atoms with Gasteiger partial charge < -0.3 is 10.8 Å². The third-order valence-electron chi connectivity index (χ3n) is 2.17. The summed E-state index contributed by atoms with van der Waals surface area (Å²) in [4.78, 5) is 28.6. The van der Waals surface area contributed by atoms with Crippen LogP contribution in [0.4, 0.5) is 5.95 Å². The van der Waals surface area contributed by atoms with Crippen LogP contribution in [0.1, 0.15) is 10.4 Å². The van der Waals surface area contributed by atoms with E-state index >= 15 is 0 Å². The van der Waals surface area contributed by atoms with Gasteiger partial charge in [0, 0.05) is 0 Å². The second kappa shape index (κ2) is 3.30. The predicted molar refractivity (Wildman–Crippen MR) is 54.9 cm³/mol. The number of H-pyrrole nitrogens is 1. The summed E-state index contributed by atoms with van der Waals surface area (Å²) < 4.78 is 1.45. The van der Waals surface area contributed by atoms with E-state index in [1.807, 2.05) is 0 Å². The smallest absolute Gasteiger partial charge is 0.340 e. The molecule has 0 atom stereocenters. The first-order chi connectivity index (χ1) is 7.49. The molecule has 16 heavy (non-hydrogen) atoms. The molecule has 82 valence electrons. The Kier molecular flexibility index (Phi) is 2.08. The van der Waals surface area contributed by atoms with Gasteiger partial charge in [-0.1, -0.05) is 0 Å². The quantitative estimate of drug-likeness (QED) is 0.536. The summed E-state index contributed by atoms with van der Waals surface area (Å²) in [6, 6.07) is 1.27. The molecule has 0 aliphatic carbocycles. The first kappa shape index (κ1) is 10.1. The summed E-state index contributed by atoms with van der Waals surface area (Å²) in [5, 5.41) is 9.03. The second-order valence-corrected chi connectivity index (χ2v) is 3.33. The Morgan fingerprint density at radius 3 is 2.94 bits per heavy atom. The number of aryl methyl sites for hydroxylation is 1. The molecular weight excluding hydrogens is 212 g/mol. The van der Waals surface area contributed by atoms with Crippen LogP contribution in [0, 0.1) is 0 Å². The summed E-state index contributed by atoms with van der Waals surface area (Å²) in [5.74, 6) is -1.11. The minimum Gasteiger partial charge on any atom is -0.478 e. The van der Waals surface area contributed by atoms with E-state index in [1.54, 1.807) is 7.05 Å². The van der Waals surface area contributed by atoms with Gasteiger partial charge in [0.15, 0.2) is 0 Å². The van der Waals surface area contributed by atoms with Crippen LogP contribution in [0.25, 0.3) is 11.0 Å². The minimum absolute atomic E-state index is 0.00354. The molecule has 0 amide bonds. The molecule has 4 N–H and O–H groups in total. The molecule has 2 aromatic rings. The third kappa shape index (κ3) is 1.48. The zero-order chi connectivity index (χ0) is 11.9. The average Bonchev–Trinajstić information content (AvgIpc) is 2.19. The van der Waals surface area contributed by atoms with Gasteiger partial charge in [0.25, 0.3) is 5.56 Å². The lowest BCUT2D eigenvalue weighted by Crippen LogP contribution is -2.33. The largest absolute Gasteiger partial charge is 0.478 e. The number of aromatic nitrogens is 3. The molecule has 0 radical (unpaired) electrons. The lowest BCUT2D eigenvalue weighted by atomic mass is 10.2. The van der Waals surface area contributed by atoms with Crippen molar-refractivity contribution in [3.8, 4) is 0 Å². The fourth-order valence-electron chi connectivity index (χ4n) is 1.47. The number of pyridine rings is 1. The summed E-state index contributed by atoms with van der Waals surface area (Å²) in [7, 11) is 1.60. The summed E-state index contributed by atoms with van der Waals surface area (Å²) in [6.45, 7) is 0. The lowest BCUT2D eigenvalue weighted by Gasteiger charge is -1.98. The van der Waals surface area contributed by atoms with Crippen molar-refractivity contribution in [2.45, 2.75) is 0 Å². The molecule has 7 heteroatoms. The number of aromatic amines is 1. The van der Waals surface area contributed by atoms with Crippen LogP contribution in [0.2, 0.25) is 0 Å². The maximum absolute atomic E-state index is 11.5. The molecule has 0 bridgehead atoms. The first-order valence-electron chi connectivity index (χ1n) is 4.41. The van der Waals surface area contributed by atoms with Crippen molar-refractivity contribution in [1.29, 1.82) is 0 Å². The maximum atomic E-state index is 11.5. The summed E-state index contributed by atoms with van der Waals surface area (Å²) >= 11 is 0. The number of nitrogens with two attached hydrogens (primary N) is 1. The number of hydrogen-bond donors (Lipinski definition) is 3. The highest BCUT2D eigenvalue weighted by Gasteiger charge is 2.16. The summed E-state index contributed by atoms with van der Waals surface area (Å²) in [5.41, 5.74) is 5.30. The molecule has 0 fully saturated rings. The SMILES string of the molecule is C[n+]1cc(C(=O)O)cc2c(=O)[nH]c(N)nc21. The monoisotopic (exact) mass is 221 g/mol. The fourth-order valence-corrected chi connectivity index (χ4v) is 1.47. The Bertz CT molecular complexity index is 647. The zero-order valence-corrected chi connectivity index (χ0v) is 8.39. The first-order valence-corrected chi connectivity index (χ1v) is 4.41. The average molecular weight is 221 g/mol. The van der Waals surface area contributed by atoms with E-state index < -0.39 is 11.5 Å². The van der Waals surface area contributed by atoms with Gasteiger partial charge in [0.05, 0.1) is 12.6 Å². The Balaban J connectivity index is 2.93. The number of anilines is 1. The van der Waals surface area contributed by atoms with Crippen LogP contribution in [-0.2, 0) is 7.05 Å². The number of fused-ring (bicyclic) bond motifs is 1. The number of nitrogen functional groups attached to an aromatic ring is 1. The molecule has 0 spiro atoms. The van der Waals surface area contributed by atoms with Crippen molar-refractivity contribution >= 4 is 23.0 Å². The molecule has 0 saturated heterocycles. The van der Waals surface area contributed by atoms with E-state index in [1.165, 1.54) is 16.8 Å². The number of hydrogen-bond acceptors (Lipinski definition) is 4. The van der Waals surface area contributed by atoms with Crippen LogP contribution in [0.15, 0.2) is 17.1 Å². The van der Waals surface area contributed by atoms with Gasteiger partial charge in [-0.2, -0.15) is 0 Å². The normalized spacial score (nSPS) is 10.6. The van der Waals surface area contributed by atoms with Gasteiger partial charge in [0.2, 0.25) is 0 Å². The molecule has 0 saturated carbocycles. The van der Waals surface area contributed by atoms with Gasteiger partial charge >= 0.3 is 17.6 Å². The van der Waals surface area contributed by atoms with E-state index in [0.29, 0.717) is 5.65 Å². The Morgan fingerprint density at radius 2 is 2.31 bits per heavy atom. The van der Waals surface area contributed by atoms with E-state index in [2.05, 4.69) is 9.97 Å². The van der Waals surface area contributed by atoms with Crippen LogP contribution in [-0.4, -0.2) is 21.0 Å². The lowest BCUT2D eigenvalue weighted by molar-refractivity contribution is -0.647. The van der Waals surface area contributed by atoms with Crippen molar-refractivity contribution in [3.63, 3.8) is 0 Å². The highest BCUT2D eigenvalue weighted by molar-refractivity contribution is 5.90. The van der Waals surface area contributed by atoms with Crippen molar-refractivity contribution in [2.24, 2.45) is 7.05 Å². The number of carboxylic acids is 1.